The van der Waals surface area contributed by atoms with E-state index in [1.807, 2.05) is 12.1 Å². The SMILES string of the molecule is N/C(=N/O)C1CCN(Cc2cccc(Cl)c2Cl)CC1. The van der Waals surface area contributed by atoms with E-state index in [1.165, 1.54) is 0 Å². The van der Waals surface area contributed by atoms with E-state index in [0.29, 0.717) is 15.9 Å². The lowest BCUT2D eigenvalue weighted by Gasteiger charge is -2.31. The number of rotatable bonds is 3. The predicted octanol–water partition coefficient (Wildman–Crippen LogP) is 2.95. The molecule has 3 N–H and O–H groups in total. The molecule has 0 saturated carbocycles. The number of hydrogen-bond acceptors (Lipinski definition) is 3. The standard InChI is InChI=1S/C13H17Cl2N3O/c14-11-3-1-2-10(12(11)15)8-18-6-4-9(5-7-18)13(16)17-19/h1-3,9,19H,4-8H2,(H2,16,17). The molecule has 0 aromatic heterocycles. The number of amidine groups is 1. The first kappa shape index (κ1) is 14.4. The summed E-state index contributed by atoms with van der Waals surface area (Å²) in [4.78, 5) is 2.30. The van der Waals surface area contributed by atoms with E-state index >= 15 is 0 Å². The Bertz CT molecular complexity index is 471. The van der Waals surface area contributed by atoms with Gasteiger partial charge in [0.2, 0.25) is 0 Å². The van der Waals surface area contributed by atoms with Gasteiger partial charge >= 0.3 is 0 Å². The second kappa shape index (κ2) is 6.46. The molecule has 0 radical (unpaired) electrons. The molecule has 1 aromatic rings. The summed E-state index contributed by atoms with van der Waals surface area (Å²) < 4.78 is 0. The summed E-state index contributed by atoms with van der Waals surface area (Å²) in [5.41, 5.74) is 6.67. The van der Waals surface area contributed by atoms with E-state index in [1.54, 1.807) is 6.07 Å². The predicted molar refractivity (Wildman–Crippen MR) is 77.9 cm³/mol. The minimum atomic E-state index is 0.177. The molecule has 0 spiro atoms. The molecule has 0 amide bonds. The molecule has 1 fully saturated rings. The normalized spacial score (nSPS) is 18.7. The molecule has 19 heavy (non-hydrogen) atoms. The molecule has 6 heteroatoms. The van der Waals surface area contributed by atoms with Gasteiger partial charge in [0.1, 0.15) is 5.84 Å². The summed E-state index contributed by atoms with van der Waals surface area (Å²) in [5, 5.41) is 13.0. The van der Waals surface area contributed by atoms with Crippen molar-refractivity contribution in [3.05, 3.63) is 33.8 Å². The average Bonchev–Trinajstić information content (AvgIpc) is 2.44. The lowest BCUT2D eigenvalue weighted by molar-refractivity contribution is 0.198. The Morgan fingerprint density at radius 2 is 2.05 bits per heavy atom. The van der Waals surface area contributed by atoms with Crippen molar-refractivity contribution < 1.29 is 5.21 Å². The van der Waals surface area contributed by atoms with Crippen molar-refractivity contribution in [2.24, 2.45) is 16.8 Å². The lowest BCUT2D eigenvalue weighted by atomic mass is 9.95. The quantitative estimate of drug-likeness (QED) is 0.390. The van der Waals surface area contributed by atoms with Gasteiger partial charge in [-0.15, -0.1) is 0 Å². The van der Waals surface area contributed by atoms with Gasteiger partial charge in [-0.3, -0.25) is 4.90 Å². The highest BCUT2D eigenvalue weighted by Crippen LogP contribution is 2.27. The third-order valence-electron chi connectivity index (χ3n) is 3.55. The van der Waals surface area contributed by atoms with Gasteiger partial charge in [0.15, 0.2) is 0 Å². The number of likely N-dealkylation sites (tertiary alicyclic amines) is 1. The van der Waals surface area contributed by atoms with Gasteiger partial charge in [-0.1, -0.05) is 40.5 Å². The first-order valence-corrected chi connectivity index (χ1v) is 7.00. The average molecular weight is 302 g/mol. The van der Waals surface area contributed by atoms with Gasteiger partial charge < -0.3 is 10.9 Å². The maximum atomic E-state index is 8.67. The summed E-state index contributed by atoms with van der Waals surface area (Å²) in [6.07, 6.45) is 1.79. The van der Waals surface area contributed by atoms with Crippen LogP contribution >= 0.6 is 23.2 Å². The van der Waals surface area contributed by atoms with E-state index in [-0.39, 0.29) is 5.92 Å². The van der Waals surface area contributed by atoms with Crippen LogP contribution in [-0.2, 0) is 6.54 Å². The van der Waals surface area contributed by atoms with Crippen LogP contribution in [0.3, 0.4) is 0 Å². The first-order valence-electron chi connectivity index (χ1n) is 6.24. The van der Waals surface area contributed by atoms with Gasteiger partial charge in [0.25, 0.3) is 0 Å². The summed E-state index contributed by atoms with van der Waals surface area (Å²) in [7, 11) is 0. The Morgan fingerprint density at radius 1 is 1.37 bits per heavy atom. The van der Waals surface area contributed by atoms with Crippen LogP contribution in [0.25, 0.3) is 0 Å². The van der Waals surface area contributed by atoms with Crippen LogP contribution in [0.1, 0.15) is 18.4 Å². The molecule has 0 unspecified atom stereocenters. The van der Waals surface area contributed by atoms with Crippen molar-refractivity contribution in [1.82, 2.24) is 4.90 Å². The first-order chi connectivity index (χ1) is 9.11. The molecule has 2 rings (SSSR count). The van der Waals surface area contributed by atoms with E-state index in [9.17, 15) is 0 Å². The highest BCUT2D eigenvalue weighted by atomic mass is 35.5. The second-order valence-corrected chi connectivity index (χ2v) is 5.57. The smallest absolute Gasteiger partial charge is 0.142 e. The third kappa shape index (κ3) is 3.53. The molecule has 4 nitrogen and oxygen atoms in total. The van der Waals surface area contributed by atoms with Crippen LogP contribution < -0.4 is 5.73 Å². The van der Waals surface area contributed by atoms with Crippen molar-refractivity contribution in [3.63, 3.8) is 0 Å². The van der Waals surface area contributed by atoms with Gasteiger partial charge in [-0.25, -0.2) is 0 Å². The zero-order chi connectivity index (χ0) is 13.8. The van der Waals surface area contributed by atoms with Crippen LogP contribution in [0.15, 0.2) is 23.4 Å². The second-order valence-electron chi connectivity index (χ2n) is 4.79. The van der Waals surface area contributed by atoms with Crippen molar-refractivity contribution in [1.29, 1.82) is 0 Å². The topological polar surface area (TPSA) is 61.9 Å². The fourth-order valence-corrected chi connectivity index (χ4v) is 2.76. The molecular weight excluding hydrogens is 285 g/mol. The minimum absolute atomic E-state index is 0.177. The molecule has 1 aromatic carbocycles. The monoisotopic (exact) mass is 301 g/mol. The maximum absolute atomic E-state index is 8.67. The molecule has 1 aliphatic heterocycles. The summed E-state index contributed by atoms with van der Waals surface area (Å²) in [6.45, 7) is 2.59. The fraction of sp³-hybridized carbons (Fsp3) is 0.462. The number of nitrogens with zero attached hydrogens (tertiary/aromatic N) is 2. The highest BCUT2D eigenvalue weighted by Gasteiger charge is 2.22. The van der Waals surface area contributed by atoms with E-state index in [0.717, 1.165) is 38.0 Å². The van der Waals surface area contributed by atoms with Crippen LogP contribution in [-0.4, -0.2) is 29.0 Å². The van der Waals surface area contributed by atoms with Crippen molar-refractivity contribution in [2.45, 2.75) is 19.4 Å². The number of halogens is 2. The molecular formula is C13H17Cl2N3O. The molecule has 104 valence electrons. The van der Waals surface area contributed by atoms with Crippen molar-refractivity contribution >= 4 is 29.0 Å². The van der Waals surface area contributed by atoms with Gasteiger partial charge in [-0.05, 0) is 37.6 Å². The Morgan fingerprint density at radius 3 is 2.68 bits per heavy atom. The van der Waals surface area contributed by atoms with Crippen LogP contribution in [0.4, 0.5) is 0 Å². The van der Waals surface area contributed by atoms with Crippen molar-refractivity contribution in [3.8, 4) is 0 Å². The minimum Gasteiger partial charge on any atom is -0.409 e. The van der Waals surface area contributed by atoms with Crippen LogP contribution in [0, 0.1) is 5.92 Å². The largest absolute Gasteiger partial charge is 0.409 e. The molecule has 0 bridgehead atoms. The molecule has 1 heterocycles. The Labute approximate surface area is 122 Å². The summed E-state index contributed by atoms with van der Waals surface area (Å²) in [5.74, 6) is 0.511. The Balaban J connectivity index is 1.94. The highest BCUT2D eigenvalue weighted by molar-refractivity contribution is 6.42. The van der Waals surface area contributed by atoms with Gasteiger partial charge in [0, 0.05) is 12.5 Å². The Kier molecular flexibility index (Phi) is 4.91. The van der Waals surface area contributed by atoms with Gasteiger partial charge in [-0.2, -0.15) is 0 Å². The number of benzene rings is 1. The van der Waals surface area contributed by atoms with E-state index in [2.05, 4.69) is 10.1 Å². The number of oxime groups is 1. The number of hydrogen-bond donors (Lipinski definition) is 2. The zero-order valence-electron chi connectivity index (χ0n) is 10.5. The summed E-state index contributed by atoms with van der Waals surface area (Å²) >= 11 is 12.2. The van der Waals surface area contributed by atoms with E-state index in [4.69, 9.17) is 34.1 Å². The van der Waals surface area contributed by atoms with Crippen molar-refractivity contribution in [2.75, 3.05) is 13.1 Å². The molecule has 1 aliphatic rings. The van der Waals surface area contributed by atoms with Crippen LogP contribution in [0.5, 0.6) is 0 Å². The summed E-state index contributed by atoms with van der Waals surface area (Å²) in [6, 6.07) is 5.69. The lowest BCUT2D eigenvalue weighted by Crippen LogP contribution is -2.38. The van der Waals surface area contributed by atoms with E-state index < -0.39 is 0 Å². The van der Waals surface area contributed by atoms with Crippen LogP contribution in [0.2, 0.25) is 10.0 Å². The molecule has 0 aliphatic carbocycles. The fourth-order valence-electron chi connectivity index (χ4n) is 2.38. The Hall–Kier alpha value is -0.970. The molecule has 1 saturated heterocycles. The third-order valence-corrected chi connectivity index (χ3v) is 4.40. The number of nitrogens with two attached hydrogens (primary N) is 1. The number of piperidine rings is 1. The van der Waals surface area contributed by atoms with Gasteiger partial charge in [0.05, 0.1) is 10.0 Å². The maximum Gasteiger partial charge on any atom is 0.142 e. The molecule has 0 atom stereocenters. The zero-order valence-corrected chi connectivity index (χ0v) is 12.0.